The number of hydrogen-bond donors (Lipinski definition) is 1. The van der Waals surface area contributed by atoms with Crippen molar-refractivity contribution in [1.29, 1.82) is 0 Å². The second kappa shape index (κ2) is 8.69. The van der Waals surface area contributed by atoms with Gasteiger partial charge in [-0.25, -0.2) is 0 Å². The van der Waals surface area contributed by atoms with Gasteiger partial charge in [0.15, 0.2) is 0 Å². The lowest BCUT2D eigenvalue weighted by atomic mass is 9.88. The zero-order valence-corrected chi connectivity index (χ0v) is 15.8. The first-order chi connectivity index (χ1) is 13.0. The summed E-state index contributed by atoms with van der Waals surface area (Å²) in [5, 5.41) is 10.5. The summed E-state index contributed by atoms with van der Waals surface area (Å²) in [4.78, 5) is 18.8. The molecule has 0 saturated heterocycles. The lowest BCUT2D eigenvalue weighted by molar-refractivity contribution is -0.130. The summed E-state index contributed by atoms with van der Waals surface area (Å²) in [5.41, 5.74) is 2.65. The van der Waals surface area contributed by atoms with Gasteiger partial charge in [-0.1, -0.05) is 41.9 Å². The minimum atomic E-state index is -0.200. The monoisotopic (exact) mass is 380 g/mol. The van der Waals surface area contributed by atoms with Crippen molar-refractivity contribution < 1.29 is 9.90 Å². The number of halogens is 1. The Hall–Kier alpha value is -2.85. The highest BCUT2D eigenvalue weighted by Crippen LogP contribution is 2.32. The van der Waals surface area contributed by atoms with E-state index in [4.69, 9.17) is 11.6 Å². The Morgan fingerprint density at radius 1 is 1.07 bits per heavy atom. The first kappa shape index (κ1) is 18.9. The summed E-state index contributed by atoms with van der Waals surface area (Å²) in [6.07, 6.45) is 1.99. The quantitative estimate of drug-likeness (QED) is 0.678. The Morgan fingerprint density at radius 3 is 2.48 bits per heavy atom. The fourth-order valence-corrected chi connectivity index (χ4v) is 3.25. The predicted octanol–water partition coefficient (Wildman–Crippen LogP) is 4.62. The molecule has 0 aliphatic heterocycles. The van der Waals surface area contributed by atoms with E-state index in [0.717, 1.165) is 16.8 Å². The van der Waals surface area contributed by atoms with E-state index in [1.165, 1.54) is 0 Å². The van der Waals surface area contributed by atoms with Crippen molar-refractivity contribution >= 4 is 17.5 Å². The third-order valence-electron chi connectivity index (χ3n) is 4.45. The van der Waals surface area contributed by atoms with Crippen LogP contribution in [-0.2, 0) is 11.3 Å². The summed E-state index contributed by atoms with van der Waals surface area (Å²) in [5.74, 6) is -0.0303. The SMILES string of the molecule is CN(Cc1ccccn1)C(=O)C[C@@H](c1cccc(O)c1)c1cccc(Cl)c1. The molecule has 3 aromatic rings. The second-order valence-electron chi connectivity index (χ2n) is 6.48. The van der Waals surface area contributed by atoms with Crippen molar-refractivity contribution in [2.45, 2.75) is 18.9 Å². The molecule has 27 heavy (non-hydrogen) atoms. The number of nitrogens with zero attached hydrogens (tertiary/aromatic N) is 2. The number of phenolic OH excluding ortho intramolecular Hbond substituents is 1. The van der Waals surface area contributed by atoms with Crippen LogP contribution in [0.25, 0.3) is 0 Å². The number of benzene rings is 2. The summed E-state index contributed by atoms with van der Waals surface area (Å²) in [6, 6.07) is 20.1. The topological polar surface area (TPSA) is 53.4 Å². The van der Waals surface area contributed by atoms with Gasteiger partial charge in [0.05, 0.1) is 12.2 Å². The van der Waals surface area contributed by atoms with Gasteiger partial charge in [0.25, 0.3) is 0 Å². The Kier molecular flexibility index (Phi) is 6.09. The van der Waals surface area contributed by atoms with E-state index in [1.807, 2.05) is 42.5 Å². The molecule has 2 aromatic carbocycles. The maximum Gasteiger partial charge on any atom is 0.223 e. The lowest BCUT2D eigenvalue weighted by Crippen LogP contribution is -2.28. The molecule has 0 aliphatic carbocycles. The maximum absolute atomic E-state index is 12.9. The third kappa shape index (κ3) is 5.08. The molecule has 3 rings (SSSR count). The molecule has 0 fully saturated rings. The molecule has 5 heteroatoms. The molecule has 1 aromatic heterocycles. The fourth-order valence-electron chi connectivity index (χ4n) is 3.05. The molecule has 138 valence electrons. The van der Waals surface area contributed by atoms with Crippen LogP contribution in [0.2, 0.25) is 5.02 Å². The Labute approximate surface area is 164 Å². The van der Waals surface area contributed by atoms with Crippen LogP contribution in [0.1, 0.15) is 29.2 Å². The van der Waals surface area contributed by atoms with E-state index in [9.17, 15) is 9.90 Å². The molecule has 1 atom stereocenters. The summed E-state index contributed by atoms with van der Waals surface area (Å²) < 4.78 is 0. The van der Waals surface area contributed by atoms with Crippen LogP contribution < -0.4 is 0 Å². The van der Waals surface area contributed by atoms with Crippen molar-refractivity contribution in [2.24, 2.45) is 0 Å². The molecule has 0 unspecified atom stereocenters. The van der Waals surface area contributed by atoms with Crippen LogP contribution in [0.3, 0.4) is 0 Å². The zero-order valence-electron chi connectivity index (χ0n) is 15.0. The first-order valence-corrected chi connectivity index (χ1v) is 9.09. The Morgan fingerprint density at radius 2 is 1.81 bits per heavy atom. The average molecular weight is 381 g/mol. The van der Waals surface area contributed by atoms with Gasteiger partial charge in [-0.05, 0) is 47.5 Å². The molecular formula is C22H21ClN2O2. The minimum absolute atomic E-state index is 0.00558. The highest BCUT2D eigenvalue weighted by molar-refractivity contribution is 6.30. The molecular weight excluding hydrogens is 360 g/mol. The number of carbonyl (C=O) groups is 1. The van der Waals surface area contributed by atoms with Crippen LogP contribution in [0.5, 0.6) is 5.75 Å². The summed E-state index contributed by atoms with van der Waals surface area (Å²) >= 11 is 6.16. The number of aromatic nitrogens is 1. The van der Waals surface area contributed by atoms with Crippen LogP contribution >= 0.6 is 11.6 Å². The fraction of sp³-hybridized carbons (Fsp3) is 0.182. The normalized spacial score (nSPS) is 11.8. The van der Waals surface area contributed by atoms with E-state index >= 15 is 0 Å². The van der Waals surface area contributed by atoms with Gasteiger partial charge in [0, 0.05) is 30.6 Å². The highest BCUT2D eigenvalue weighted by Gasteiger charge is 2.21. The van der Waals surface area contributed by atoms with Crippen molar-refractivity contribution in [2.75, 3.05) is 7.05 Å². The van der Waals surface area contributed by atoms with E-state index in [1.54, 1.807) is 42.4 Å². The van der Waals surface area contributed by atoms with Gasteiger partial charge >= 0.3 is 0 Å². The second-order valence-corrected chi connectivity index (χ2v) is 6.91. The van der Waals surface area contributed by atoms with Crippen LogP contribution in [0.4, 0.5) is 0 Å². The van der Waals surface area contributed by atoms with Gasteiger partial charge in [-0.2, -0.15) is 0 Å². The molecule has 1 heterocycles. The molecule has 1 N–H and O–H groups in total. The van der Waals surface area contributed by atoms with Crippen molar-refractivity contribution in [3.63, 3.8) is 0 Å². The van der Waals surface area contributed by atoms with E-state index < -0.39 is 0 Å². The number of pyridine rings is 1. The van der Waals surface area contributed by atoms with Gasteiger partial charge in [0.1, 0.15) is 5.75 Å². The Balaban J connectivity index is 1.83. The number of rotatable bonds is 6. The number of hydrogen-bond acceptors (Lipinski definition) is 3. The van der Waals surface area contributed by atoms with Crippen molar-refractivity contribution in [1.82, 2.24) is 9.88 Å². The van der Waals surface area contributed by atoms with E-state index in [0.29, 0.717) is 11.6 Å². The van der Waals surface area contributed by atoms with Crippen molar-refractivity contribution in [3.8, 4) is 5.75 Å². The van der Waals surface area contributed by atoms with Gasteiger partial charge in [0.2, 0.25) is 5.91 Å². The van der Waals surface area contributed by atoms with Crippen LogP contribution in [0, 0.1) is 0 Å². The number of phenols is 1. The van der Waals surface area contributed by atoms with Gasteiger partial charge < -0.3 is 10.0 Å². The largest absolute Gasteiger partial charge is 0.508 e. The zero-order chi connectivity index (χ0) is 19.2. The summed E-state index contributed by atoms with van der Waals surface area (Å²) in [7, 11) is 1.77. The molecule has 0 spiro atoms. The van der Waals surface area contributed by atoms with E-state index in [2.05, 4.69) is 4.98 Å². The molecule has 1 amide bonds. The average Bonchev–Trinajstić information content (AvgIpc) is 2.66. The smallest absolute Gasteiger partial charge is 0.223 e. The highest BCUT2D eigenvalue weighted by atomic mass is 35.5. The van der Waals surface area contributed by atoms with Crippen molar-refractivity contribution in [3.05, 3.63) is 94.8 Å². The van der Waals surface area contributed by atoms with Gasteiger partial charge in [-0.15, -0.1) is 0 Å². The Bertz CT molecular complexity index is 869. The molecule has 0 aliphatic rings. The molecule has 0 bridgehead atoms. The number of aromatic hydroxyl groups is 1. The standard InChI is InChI=1S/C22H21ClN2O2/c1-25(15-19-9-2-3-11-24-19)22(27)14-21(16-6-4-8-18(23)12-16)17-7-5-10-20(26)13-17/h2-13,21,26H,14-15H2,1H3/t21-/m1/s1. The molecule has 0 radical (unpaired) electrons. The summed E-state index contributed by atoms with van der Waals surface area (Å²) in [6.45, 7) is 0.446. The molecule has 0 saturated carbocycles. The number of amides is 1. The van der Waals surface area contributed by atoms with E-state index in [-0.39, 0.29) is 24.0 Å². The van der Waals surface area contributed by atoms with Crippen LogP contribution in [-0.4, -0.2) is 27.9 Å². The predicted molar refractivity (Wildman–Crippen MR) is 107 cm³/mol. The third-order valence-corrected chi connectivity index (χ3v) is 4.69. The lowest BCUT2D eigenvalue weighted by Gasteiger charge is -2.22. The number of carbonyl (C=O) groups excluding carboxylic acids is 1. The maximum atomic E-state index is 12.9. The molecule has 4 nitrogen and oxygen atoms in total. The van der Waals surface area contributed by atoms with Gasteiger partial charge in [-0.3, -0.25) is 9.78 Å². The minimum Gasteiger partial charge on any atom is -0.508 e. The van der Waals surface area contributed by atoms with Crippen LogP contribution in [0.15, 0.2) is 72.9 Å². The first-order valence-electron chi connectivity index (χ1n) is 8.71.